The van der Waals surface area contributed by atoms with Crippen LogP contribution in [0.25, 0.3) is 0 Å². The molecule has 9 heteroatoms. The van der Waals surface area contributed by atoms with E-state index >= 15 is 0 Å². The van der Waals surface area contributed by atoms with Crippen molar-refractivity contribution in [3.63, 3.8) is 0 Å². The van der Waals surface area contributed by atoms with Crippen molar-refractivity contribution in [2.24, 2.45) is 0 Å². The molecule has 0 aliphatic heterocycles. The second kappa shape index (κ2) is 7.26. The molecule has 0 saturated carbocycles. The summed E-state index contributed by atoms with van der Waals surface area (Å²) in [5.41, 5.74) is -0.652. The summed E-state index contributed by atoms with van der Waals surface area (Å²) in [4.78, 5) is 21.7. The maximum atomic E-state index is 13.5. The molecule has 0 aliphatic rings. The van der Waals surface area contributed by atoms with Gasteiger partial charge in [-0.2, -0.15) is 0 Å². The predicted molar refractivity (Wildman–Crippen MR) is 83.6 cm³/mol. The van der Waals surface area contributed by atoms with Gasteiger partial charge in [0.2, 0.25) is 0 Å². The molecule has 0 atom stereocenters. The zero-order chi connectivity index (χ0) is 17.0. The van der Waals surface area contributed by atoms with Gasteiger partial charge in [-0.05, 0) is 24.3 Å². The number of nitrogens with one attached hydrogen (secondary N) is 1. The molecular formula is C14H9Cl2FN2O4. The number of amides is 1. The minimum Gasteiger partial charge on any atom is -0.484 e. The number of carbonyl (C=O) groups is 1. The van der Waals surface area contributed by atoms with E-state index in [0.29, 0.717) is 10.0 Å². The third-order valence-corrected chi connectivity index (χ3v) is 3.08. The predicted octanol–water partition coefficient (Wildman–Crippen LogP) is 4.06. The lowest BCUT2D eigenvalue weighted by Crippen LogP contribution is -2.20. The van der Waals surface area contributed by atoms with Gasteiger partial charge in [-0.1, -0.05) is 23.2 Å². The van der Waals surface area contributed by atoms with E-state index < -0.39 is 23.3 Å². The van der Waals surface area contributed by atoms with Gasteiger partial charge in [-0.15, -0.1) is 0 Å². The normalized spacial score (nSPS) is 10.2. The van der Waals surface area contributed by atoms with Gasteiger partial charge in [0.05, 0.1) is 10.6 Å². The second-order valence-corrected chi connectivity index (χ2v) is 5.24. The number of carbonyl (C=O) groups excluding carboxylic acids is 1. The van der Waals surface area contributed by atoms with Crippen LogP contribution >= 0.6 is 23.2 Å². The van der Waals surface area contributed by atoms with Crippen molar-refractivity contribution >= 4 is 40.5 Å². The average Bonchev–Trinajstić information content (AvgIpc) is 2.46. The largest absolute Gasteiger partial charge is 0.484 e. The van der Waals surface area contributed by atoms with Gasteiger partial charge in [0, 0.05) is 22.2 Å². The molecule has 1 amide bonds. The molecule has 0 aromatic heterocycles. The van der Waals surface area contributed by atoms with Crippen LogP contribution in [0, 0.1) is 15.9 Å². The zero-order valence-corrected chi connectivity index (χ0v) is 12.9. The van der Waals surface area contributed by atoms with Crippen molar-refractivity contribution in [2.75, 3.05) is 11.9 Å². The Labute approximate surface area is 139 Å². The highest BCUT2D eigenvalue weighted by atomic mass is 35.5. The summed E-state index contributed by atoms with van der Waals surface area (Å²) in [5, 5.41) is 13.5. The molecule has 1 N–H and O–H groups in total. The molecule has 0 fully saturated rings. The maximum Gasteiger partial charge on any atom is 0.271 e. The Balaban J connectivity index is 2.02. The number of rotatable bonds is 5. The molecule has 0 bridgehead atoms. The van der Waals surface area contributed by atoms with E-state index in [2.05, 4.69) is 5.32 Å². The Bertz CT molecular complexity index is 750. The first-order valence-corrected chi connectivity index (χ1v) is 6.93. The quantitative estimate of drug-likeness (QED) is 0.645. The molecule has 120 valence electrons. The number of non-ortho nitro benzene ring substituents is 1. The highest BCUT2D eigenvalue weighted by Gasteiger charge is 2.13. The lowest BCUT2D eigenvalue weighted by molar-refractivity contribution is -0.384. The van der Waals surface area contributed by atoms with Crippen LogP contribution in [-0.4, -0.2) is 17.4 Å². The van der Waals surface area contributed by atoms with Crippen LogP contribution in [0.1, 0.15) is 0 Å². The molecule has 2 aromatic rings. The Morgan fingerprint density at radius 2 is 1.87 bits per heavy atom. The minimum atomic E-state index is -0.797. The van der Waals surface area contributed by atoms with Gasteiger partial charge in [-0.25, -0.2) is 4.39 Å². The Kier molecular flexibility index (Phi) is 5.36. The van der Waals surface area contributed by atoms with Crippen LogP contribution in [0.4, 0.5) is 15.8 Å². The van der Waals surface area contributed by atoms with Crippen molar-refractivity contribution in [3.05, 3.63) is 62.4 Å². The zero-order valence-electron chi connectivity index (χ0n) is 11.4. The van der Waals surface area contributed by atoms with Crippen molar-refractivity contribution in [1.82, 2.24) is 0 Å². The number of halogens is 3. The fourth-order valence-electron chi connectivity index (χ4n) is 1.67. The van der Waals surface area contributed by atoms with Crippen LogP contribution in [0.2, 0.25) is 10.0 Å². The molecule has 0 radical (unpaired) electrons. The maximum absolute atomic E-state index is 13.5. The average molecular weight is 359 g/mol. The third kappa shape index (κ3) is 4.80. The molecule has 6 nitrogen and oxygen atoms in total. The molecule has 0 saturated heterocycles. The summed E-state index contributed by atoms with van der Waals surface area (Å²) in [6.07, 6.45) is 0. The molecule has 2 aromatic carbocycles. The first-order chi connectivity index (χ1) is 10.8. The Morgan fingerprint density at radius 1 is 1.22 bits per heavy atom. The minimum absolute atomic E-state index is 0.261. The number of hydrogen-bond donors (Lipinski definition) is 1. The number of nitro benzene ring substituents is 1. The van der Waals surface area contributed by atoms with Crippen LogP contribution in [0.5, 0.6) is 5.75 Å². The molecule has 0 aliphatic carbocycles. The Morgan fingerprint density at radius 3 is 2.48 bits per heavy atom. The number of nitrogens with zero attached hydrogens (tertiary/aromatic N) is 1. The number of nitro groups is 1. The summed E-state index contributed by atoms with van der Waals surface area (Å²) >= 11 is 11.6. The van der Waals surface area contributed by atoms with Crippen LogP contribution in [0.15, 0.2) is 36.4 Å². The first kappa shape index (κ1) is 17.0. The third-order valence-electron chi connectivity index (χ3n) is 2.64. The monoisotopic (exact) mass is 358 g/mol. The van der Waals surface area contributed by atoms with E-state index in [1.54, 1.807) is 0 Å². The van der Waals surface area contributed by atoms with E-state index in [9.17, 15) is 19.3 Å². The van der Waals surface area contributed by atoms with E-state index in [-0.39, 0.29) is 17.1 Å². The van der Waals surface area contributed by atoms with E-state index in [0.717, 1.165) is 18.2 Å². The topological polar surface area (TPSA) is 81.5 Å². The standard InChI is InChI=1S/C14H9Cl2FN2O4/c15-8-3-9(16)5-11(4-8)23-7-14(20)18-13-6-10(19(21)22)1-2-12(13)17/h1-6H,7H2,(H,18,20). The molecular weight excluding hydrogens is 350 g/mol. The van der Waals surface area contributed by atoms with Gasteiger partial charge in [-0.3, -0.25) is 14.9 Å². The van der Waals surface area contributed by atoms with Crippen molar-refractivity contribution in [1.29, 1.82) is 0 Å². The summed E-state index contributed by atoms with van der Waals surface area (Å²) in [5.74, 6) is -1.23. The number of benzene rings is 2. The molecule has 0 heterocycles. The van der Waals surface area contributed by atoms with Crippen molar-refractivity contribution in [2.45, 2.75) is 0 Å². The molecule has 0 unspecified atom stereocenters. The van der Waals surface area contributed by atoms with Gasteiger partial charge in [0.1, 0.15) is 11.6 Å². The molecule has 23 heavy (non-hydrogen) atoms. The first-order valence-electron chi connectivity index (χ1n) is 6.18. The van der Waals surface area contributed by atoms with E-state index in [1.165, 1.54) is 18.2 Å². The highest BCUT2D eigenvalue weighted by Crippen LogP contribution is 2.24. The summed E-state index contributed by atoms with van der Waals surface area (Å²) < 4.78 is 18.7. The Hall–Kier alpha value is -2.38. The molecule has 0 spiro atoms. The lowest BCUT2D eigenvalue weighted by Gasteiger charge is -2.09. The van der Waals surface area contributed by atoms with Gasteiger partial charge < -0.3 is 10.1 Å². The van der Waals surface area contributed by atoms with Gasteiger partial charge in [0.15, 0.2) is 6.61 Å². The SMILES string of the molecule is O=C(COc1cc(Cl)cc(Cl)c1)Nc1cc([N+](=O)[O-])ccc1F. The number of hydrogen-bond acceptors (Lipinski definition) is 4. The fraction of sp³-hybridized carbons (Fsp3) is 0.0714. The van der Waals surface area contributed by atoms with Gasteiger partial charge >= 0.3 is 0 Å². The van der Waals surface area contributed by atoms with Crippen molar-refractivity contribution < 1.29 is 18.8 Å². The summed E-state index contributed by atoms with van der Waals surface area (Å²) in [6, 6.07) is 7.21. The molecule has 2 rings (SSSR count). The number of anilines is 1. The smallest absolute Gasteiger partial charge is 0.271 e. The number of ether oxygens (including phenoxy) is 1. The highest BCUT2D eigenvalue weighted by molar-refractivity contribution is 6.34. The van der Waals surface area contributed by atoms with E-state index in [4.69, 9.17) is 27.9 Å². The van der Waals surface area contributed by atoms with E-state index in [1.807, 2.05) is 0 Å². The van der Waals surface area contributed by atoms with Gasteiger partial charge in [0.25, 0.3) is 11.6 Å². The van der Waals surface area contributed by atoms with Crippen LogP contribution < -0.4 is 10.1 Å². The summed E-state index contributed by atoms with van der Waals surface area (Å²) in [6.45, 7) is -0.446. The fourth-order valence-corrected chi connectivity index (χ4v) is 2.18. The van der Waals surface area contributed by atoms with Crippen LogP contribution in [-0.2, 0) is 4.79 Å². The second-order valence-electron chi connectivity index (χ2n) is 4.36. The lowest BCUT2D eigenvalue weighted by atomic mass is 10.2. The van der Waals surface area contributed by atoms with Crippen molar-refractivity contribution in [3.8, 4) is 5.75 Å². The van der Waals surface area contributed by atoms with Crippen LogP contribution in [0.3, 0.4) is 0 Å². The summed E-state index contributed by atoms with van der Waals surface area (Å²) in [7, 11) is 0.